The van der Waals surface area contributed by atoms with Crippen LogP contribution in [0.3, 0.4) is 0 Å². The van der Waals surface area contributed by atoms with Crippen LogP contribution in [0.1, 0.15) is 22.6 Å². The Hall–Kier alpha value is -3.46. The molecule has 0 aliphatic rings. The smallest absolute Gasteiger partial charge is 0.118 e. The van der Waals surface area contributed by atoms with E-state index < -0.39 is 0 Å². The number of methoxy groups -OCH3 is 1. The summed E-state index contributed by atoms with van der Waals surface area (Å²) in [6, 6.07) is 25.6. The van der Waals surface area contributed by atoms with Crippen LogP contribution in [0, 0.1) is 0 Å². The lowest BCUT2D eigenvalue weighted by Crippen LogP contribution is -2.02. The lowest BCUT2D eigenvalue weighted by Gasteiger charge is -2.18. The van der Waals surface area contributed by atoms with Crippen molar-refractivity contribution in [3.63, 3.8) is 0 Å². The van der Waals surface area contributed by atoms with Gasteiger partial charge in [0.25, 0.3) is 0 Å². The van der Waals surface area contributed by atoms with E-state index >= 15 is 0 Å². The number of aromatic amines is 1. The highest BCUT2D eigenvalue weighted by Gasteiger charge is 2.23. The maximum atomic E-state index is 5.38. The number of rotatable bonds is 4. The largest absolute Gasteiger partial charge is 0.497 e. The van der Waals surface area contributed by atoms with Crippen LogP contribution in [0.15, 0.2) is 85.2 Å². The van der Waals surface area contributed by atoms with Crippen LogP contribution >= 0.6 is 0 Å². The molecule has 0 fully saturated rings. The molecule has 2 aromatic heterocycles. The van der Waals surface area contributed by atoms with Gasteiger partial charge in [-0.3, -0.25) is 0 Å². The fourth-order valence-corrected chi connectivity index (χ4v) is 4.26. The number of nitrogens with one attached hydrogen (secondary N) is 1. The Morgan fingerprint density at radius 1 is 0.821 bits per heavy atom. The van der Waals surface area contributed by atoms with E-state index in [1.807, 2.05) is 12.1 Å². The molecule has 0 spiro atoms. The summed E-state index contributed by atoms with van der Waals surface area (Å²) < 4.78 is 7.60. The van der Waals surface area contributed by atoms with Gasteiger partial charge in [0.05, 0.1) is 7.11 Å². The summed E-state index contributed by atoms with van der Waals surface area (Å²) in [5.74, 6) is 1.01. The third kappa shape index (κ3) is 2.59. The van der Waals surface area contributed by atoms with Crippen LogP contribution in [0.4, 0.5) is 0 Å². The molecule has 28 heavy (non-hydrogen) atoms. The Morgan fingerprint density at radius 2 is 1.54 bits per heavy atom. The molecule has 0 bridgehead atoms. The fourth-order valence-electron chi connectivity index (χ4n) is 4.26. The van der Waals surface area contributed by atoms with Crippen molar-refractivity contribution < 1.29 is 4.74 Å². The van der Waals surface area contributed by atoms with Crippen molar-refractivity contribution >= 4 is 21.8 Å². The molecule has 3 heteroatoms. The van der Waals surface area contributed by atoms with Crippen LogP contribution in [0.25, 0.3) is 21.8 Å². The van der Waals surface area contributed by atoms with Gasteiger partial charge in [0.2, 0.25) is 0 Å². The first-order valence-corrected chi connectivity index (χ1v) is 9.50. The molecule has 3 nitrogen and oxygen atoms in total. The number of H-pyrrole nitrogens is 1. The second kappa shape index (κ2) is 6.61. The Labute approximate surface area is 164 Å². The molecule has 0 saturated carbocycles. The second-order valence-electron chi connectivity index (χ2n) is 7.21. The molecule has 138 valence electrons. The summed E-state index contributed by atoms with van der Waals surface area (Å²) in [6.45, 7) is 0. The number of hydrogen-bond acceptors (Lipinski definition) is 1. The van der Waals surface area contributed by atoms with Crippen molar-refractivity contribution in [1.29, 1.82) is 0 Å². The molecular weight excluding hydrogens is 344 g/mol. The normalized spacial score (nSPS) is 12.5. The molecule has 0 radical (unpaired) electrons. The van der Waals surface area contributed by atoms with Crippen molar-refractivity contribution in [1.82, 2.24) is 9.55 Å². The second-order valence-corrected chi connectivity index (χ2v) is 7.21. The first-order valence-electron chi connectivity index (χ1n) is 9.50. The lowest BCUT2D eigenvalue weighted by molar-refractivity contribution is 0.414. The van der Waals surface area contributed by atoms with E-state index in [2.05, 4.69) is 89.7 Å². The quantitative estimate of drug-likeness (QED) is 0.425. The Kier molecular flexibility index (Phi) is 3.94. The van der Waals surface area contributed by atoms with Crippen molar-refractivity contribution in [2.45, 2.75) is 5.92 Å². The molecule has 1 atom stereocenters. The minimum absolute atomic E-state index is 0.133. The first kappa shape index (κ1) is 16.7. The molecule has 2 heterocycles. The fraction of sp³-hybridized carbons (Fsp3) is 0.120. The molecule has 0 aliphatic carbocycles. The number of benzene rings is 3. The third-order valence-corrected chi connectivity index (χ3v) is 5.62. The predicted molar refractivity (Wildman–Crippen MR) is 115 cm³/mol. The zero-order valence-corrected chi connectivity index (χ0v) is 16.0. The summed E-state index contributed by atoms with van der Waals surface area (Å²) >= 11 is 0. The number of hydrogen-bond donors (Lipinski definition) is 1. The maximum Gasteiger partial charge on any atom is 0.118 e. The SMILES string of the molecule is COc1ccc(C(c2c[nH]c3ccccc23)c2cn(C)c3ccccc23)cc1. The van der Waals surface area contributed by atoms with Gasteiger partial charge in [-0.2, -0.15) is 0 Å². The minimum Gasteiger partial charge on any atom is -0.497 e. The van der Waals surface area contributed by atoms with Gasteiger partial charge in [-0.15, -0.1) is 0 Å². The summed E-state index contributed by atoms with van der Waals surface area (Å²) in [6.07, 6.45) is 4.42. The van der Waals surface area contributed by atoms with Gasteiger partial charge < -0.3 is 14.3 Å². The number of para-hydroxylation sites is 2. The average molecular weight is 366 g/mol. The zero-order chi connectivity index (χ0) is 19.1. The highest BCUT2D eigenvalue weighted by Crippen LogP contribution is 2.40. The highest BCUT2D eigenvalue weighted by atomic mass is 16.5. The first-order chi connectivity index (χ1) is 13.8. The Bertz CT molecular complexity index is 1260. The van der Waals surface area contributed by atoms with Crippen LogP contribution in [-0.4, -0.2) is 16.7 Å². The molecule has 1 unspecified atom stereocenters. The lowest BCUT2D eigenvalue weighted by atomic mass is 9.85. The highest BCUT2D eigenvalue weighted by molar-refractivity contribution is 5.89. The topological polar surface area (TPSA) is 29.9 Å². The van der Waals surface area contributed by atoms with E-state index in [0.717, 1.165) is 11.3 Å². The van der Waals surface area contributed by atoms with Crippen molar-refractivity contribution in [2.24, 2.45) is 7.05 Å². The van der Waals surface area contributed by atoms with E-state index in [1.54, 1.807) is 7.11 Å². The molecule has 5 aromatic rings. The molecule has 1 N–H and O–H groups in total. The summed E-state index contributed by atoms with van der Waals surface area (Å²) in [7, 11) is 3.82. The van der Waals surface area contributed by atoms with Gasteiger partial charge in [0, 0.05) is 47.2 Å². The van der Waals surface area contributed by atoms with Gasteiger partial charge in [-0.1, -0.05) is 48.5 Å². The van der Waals surface area contributed by atoms with Crippen molar-refractivity contribution in [3.8, 4) is 5.75 Å². The molecule has 0 aliphatic heterocycles. The van der Waals surface area contributed by atoms with Crippen LogP contribution in [0.2, 0.25) is 0 Å². The van der Waals surface area contributed by atoms with Gasteiger partial charge >= 0.3 is 0 Å². The number of ether oxygens (including phenoxy) is 1. The Balaban J connectivity index is 1.79. The summed E-state index contributed by atoms with van der Waals surface area (Å²) in [4.78, 5) is 3.45. The summed E-state index contributed by atoms with van der Waals surface area (Å²) in [5, 5.41) is 2.55. The van der Waals surface area contributed by atoms with Gasteiger partial charge in [0.1, 0.15) is 5.75 Å². The molecule has 3 aromatic carbocycles. The van der Waals surface area contributed by atoms with Crippen molar-refractivity contribution in [3.05, 3.63) is 102 Å². The van der Waals surface area contributed by atoms with Crippen LogP contribution in [-0.2, 0) is 7.05 Å². The molecule has 0 amide bonds. The van der Waals surface area contributed by atoms with Gasteiger partial charge in [0.15, 0.2) is 0 Å². The van der Waals surface area contributed by atoms with E-state index in [0.29, 0.717) is 0 Å². The van der Waals surface area contributed by atoms with Crippen molar-refractivity contribution in [2.75, 3.05) is 7.11 Å². The molecule has 0 saturated heterocycles. The Morgan fingerprint density at radius 3 is 2.32 bits per heavy atom. The molecular formula is C25H22N2O. The van der Waals surface area contributed by atoms with Crippen LogP contribution in [0.5, 0.6) is 5.75 Å². The van der Waals surface area contributed by atoms with E-state index in [4.69, 9.17) is 4.74 Å². The number of fused-ring (bicyclic) bond motifs is 2. The third-order valence-electron chi connectivity index (χ3n) is 5.62. The average Bonchev–Trinajstić information content (AvgIpc) is 3.31. The number of aromatic nitrogens is 2. The zero-order valence-electron chi connectivity index (χ0n) is 16.0. The number of aryl methyl sites for hydroxylation is 1. The maximum absolute atomic E-state index is 5.38. The van der Waals surface area contributed by atoms with Gasteiger partial charge in [-0.25, -0.2) is 0 Å². The summed E-state index contributed by atoms with van der Waals surface area (Å²) in [5.41, 5.74) is 6.26. The minimum atomic E-state index is 0.133. The van der Waals surface area contributed by atoms with Gasteiger partial charge in [-0.05, 0) is 41.0 Å². The van der Waals surface area contributed by atoms with Crippen LogP contribution < -0.4 is 4.74 Å². The van der Waals surface area contributed by atoms with E-state index in [1.165, 1.54) is 33.0 Å². The predicted octanol–water partition coefficient (Wildman–Crippen LogP) is 5.85. The van der Waals surface area contributed by atoms with E-state index in [9.17, 15) is 0 Å². The van der Waals surface area contributed by atoms with E-state index in [-0.39, 0.29) is 5.92 Å². The monoisotopic (exact) mass is 366 g/mol. The molecule has 5 rings (SSSR count). The number of nitrogens with zero attached hydrogens (tertiary/aromatic N) is 1. The standard InChI is InChI=1S/C25H22N2O/c1-27-16-22(20-8-4-6-10-24(20)27)25(17-11-13-18(28-2)14-12-17)21-15-26-23-9-5-3-7-19(21)23/h3-16,25-26H,1-2H3.